The highest BCUT2D eigenvalue weighted by Gasteiger charge is 2.12. The smallest absolute Gasteiger partial charge is 0.335 e. The molecular weight excluding hydrogens is 531 g/mol. The van der Waals surface area contributed by atoms with Crippen molar-refractivity contribution >= 4 is 62.8 Å². The maximum atomic E-state index is 12.5. The van der Waals surface area contributed by atoms with E-state index < -0.39 is 11.9 Å². The van der Waals surface area contributed by atoms with E-state index in [2.05, 4.69) is 21.2 Å². The molecule has 0 unspecified atom stereocenters. The van der Waals surface area contributed by atoms with Crippen molar-refractivity contribution in [2.45, 2.75) is 6.61 Å². The molecule has 0 saturated heterocycles. The number of carboxylic acid groups (broad SMARTS) is 1. The number of nitriles is 1. The predicted octanol–water partition coefficient (Wildman–Crippen LogP) is 6.58. The van der Waals surface area contributed by atoms with Gasteiger partial charge in [0.2, 0.25) is 0 Å². The summed E-state index contributed by atoms with van der Waals surface area (Å²) < 4.78 is 6.43. The van der Waals surface area contributed by atoms with E-state index in [1.54, 1.807) is 30.3 Å². The molecule has 0 aromatic heterocycles. The van der Waals surface area contributed by atoms with E-state index >= 15 is 0 Å². The van der Waals surface area contributed by atoms with Crippen molar-refractivity contribution in [2.24, 2.45) is 0 Å². The molecule has 0 aliphatic carbocycles. The fraction of sp³-hybridized carbons (Fsp3) is 0.0417. The van der Waals surface area contributed by atoms with E-state index in [9.17, 15) is 14.9 Å². The second-order valence-corrected chi connectivity index (χ2v) is 8.41. The SMILES string of the molecule is N#C/C(=C/c1ccc(OCc2ccc(Cl)c(Cl)c2)c(Br)c1)C(=O)Nc1cccc(C(=O)O)c1. The van der Waals surface area contributed by atoms with Crippen LogP contribution in [0.1, 0.15) is 21.5 Å². The Kier molecular flexibility index (Phi) is 8.12. The zero-order valence-corrected chi connectivity index (χ0v) is 19.9. The highest BCUT2D eigenvalue weighted by Crippen LogP contribution is 2.29. The van der Waals surface area contributed by atoms with Gasteiger partial charge in [0.25, 0.3) is 5.91 Å². The zero-order valence-electron chi connectivity index (χ0n) is 16.8. The van der Waals surface area contributed by atoms with Gasteiger partial charge in [-0.15, -0.1) is 0 Å². The van der Waals surface area contributed by atoms with Crippen molar-refractivity contribution in [1.82, 2.24) is 0 Å². The molecule has 0 atom stereocenters. The van der Waals surface area contributed by atoms with Crippen LogP contribution in [0.3, 0.4) is 0 Å². The first-order valence-corrected chi connectivity index (χ1v) is 10.9. The highest BCUT2D eigenvalue weighted by molar-refractivity contribution is 9.10. The number of carbonyl (C=O) groups excluding carboxylic acids is 1. The van der Waals surface area contributed by atoms with Gasteiger partial charge in [0.15, 0.2) is 0 Å². The van der Waals surface area contributed by atoms with Gasteiger partial charge in [0.1, 0.15) is 24.0 Å². The van der Waals surface area contributed by atoms with Gasteiger partial charge in [0, 0.05) is 5.69 Å². The van der Waals surface area contributed by atoms with E-state index in [1.807, 2.05) is 12.1 Å². The maximum Gasteiger partial charge on any atom is 0.335 e. The molecule has 0 bridgehead atoms. The van der Waals surface area contributed by atoms with E-state index in [-0.39, 0.29) is 23.4 Å². The average Bonchev–Trinajstić information content (AvgIpc) is 2.79. The van der Waals surface area contributed by atoms with Crippen molar-refractivity contribution in [1.29, 1.82) is 5.26 Å². The van der Waals surface area contributed by atoms with Gasteiger partial charge in [-0.3, -0.25) is 4.79 Å². The fourth-order valence-electron chi connectivity index (χ4n) is 2.76. The summed E-state index contributed by atoms with van der Waals surface area (Å²) in [5, 5.41) is 21.9. The Bertz CT molecular complexity index is 1300. The van der Waals surface area contributed by atoms with Gasteiger partial charge in [-0.1, -0.05) is 41.4 Å². The summed E-state index contributed by atoms with van der Waals surface area (Å²) in [6.07, 6.45) is 1.42. The molecule has 0 saturated carbocycles. The minimum atomic E-state index is -1.12. The Morgan fingerprint density at radius 1 is 1.09 bits per heavy atom. The molecule has 0 fully saturated rings. The van der Waals surface area contributed by atoms with Crippen LogP contribution >= 0.6 is 39.1 Å². The third kappa shape index (κ3) is 6.59. The summed E-state index contributed by atoms with van der Waals surface area (Å²) in [4.78, 5) is 23.6. The number of hydrogen-bond donors (Lipinski definition) is 2. The number of aromatic carboxylic acids is 1. The molecule has 3 aromatic carbocycles. The number of amides is 1. The number of nitrogens with one attached hydrogen (secondary N) is 1. The first kappa shape index (κ1) is 24.3. The van der Waals surface area contributed by atoms with Gasteiger partial charge in [-0.05, 0) is 75.6 Å². The molecule has 0 aliphatic rings. The third-order valence-corrected chi connectivity index (χ3v) is 5.74. The van der Waals surface area contributed by atoms with Crippen LogP contribution in [-0.4, -0.2) is 17.0 Å². The molecule has 2 N–H and O–H groups in total. The first-order valence-electron chi connectivity index (χ1n) is 9.39. The maximum absolute atomic E-state index is 12.5. The molecular formula is C24H15BrCl2N2O4. The predicted molar refractivity (Wildman–Crippen MR) is 131 cm³/mol. The molecule has 9 heteroatoms. The van der Waals surface area contributed by atoms with Crippen LogP contribution in [0.15, 0.2) is 70.7 Å². The van der Waals surface area contributed by atoms with Crippen LogP contribution in [0.5, 0.6) is 5.75 Å². The minimum absolute atomic E-state index is 0.0238. The molecule has 3 rings (SSSR count). The average molecular weight is 546 g/mol. The number of ether oxygens (including phenoxy) is 1. The highest BCUT2D eigenvalue weighted by atomic mass is 79.9. The van der Waals surface area contributed by atoms with E-state index in [0.29, 0.717) is 25.8 Å². The summed E-state index contributed by atoms with van der Waals surface area (Å²) in [6, 6.07) is 18.0. The number of anilines is 1. The number of halogens is 3. The Balaban J connectivity index is 1.71. The van der Waals surface area contributed by atoms with Crippen molar-refractivity contribution in [3.63, 3.8) is 0 Å². The van der Waals surface area contributed by atoms with Crippen LogP contribution in [0.25, 0.3) is 6.08 Å². The molecule has 0 aliphatic heterocycles. The van der Waals surface area contributed by atoms with E-state index in [4.69, 9.17) is 33.0 Å². The summed E-state index contributed by atoms with van der Waals surface area (Å²) in [5.74, 6) is -1.21. The minimum Gasteiger partial charge on any atom is -0.488 e. The number of nitrogens with zero attached hydrogens (tertiary/aromatic N) is 1. The van der Waals surface area contributed by atoms with E-state index in [1.165, 1.54) is 30.3 Å². The molecule has 0 heterocycles. The molecule has 0 radical (unpaired) electrons. The van der Waals surface area contributed by atoms with Gasteiger partial charge in [-0.2, -0.15) is 5.26 Å². The molecule has 1 amide bonds. The molecule has 0 spiro atoms. The van der Waals surface area contributed by atoms with Gasteiger partial charge in [-0.25, -0.2) is 4.79 Å². The lowest BCUT2D eigenvalue weighted by atomic mass is 10.1. The van der Waals surface area contributed by atoms with Crippen LogP contribution in [0.4, 0.5) is 5.69 Å². The fourth-order valence-corrected chi connectivity index (χ4v) is 3.59. The monoisotopic (exact) mass is 544 g/mol. The lowest BCUT2D eigenvalue weighted by molar-refractivity contribution is -0.112. The topological polar surface area (TPSA) is 99.4 Å². The summed E-state index contributed by atoms with van der Waals surface area (Å²) in [6.45, 7) is 0.270. The lowest BCUT2D eigenvalue weighted by Gasteiger charge is -2.10. The third-order valence-electron chi connectivity index (χ3n) is 4.38. The van der Waals surface area contributed by atoms with Crippen molar-refractivity contribution in [3.05, 3.63) is 97.4 Å². The van der Waals surface area contributed by atoms with Crippen LogP contribution in [-0.2, 0) is 11.4 Å². The number of hydrogen-bond acceptors (Lipinski definition) is 4. The Hall–Kier alpha value is -3.31. The number of carboxylic acids is 1. The second kappa shape index (κ2) is 11.0. The van der Waals surface area contributed by atoms with Crippen molar-refractivity contribution < 1.29 is 19.4 Å². The summed E-state index contributed by atoms with van der Waals surface area (Å²) in [5.41, 5.74) is 1.58. The largest absolute Gasteiger partial charge is 0.488 e. The molecule has 6 nitrogen and oxygen atoms in total. The summed E-state index contributed by atoms with van der Waals surface area (Å²) in [7, 11) is 0. The summed E-state index contributed by atoms with van der Waals surface area (Å²) >= 11 is 15.4. The van der Waals surface area contributed by atoms with Crippen LogP contribution in [0.2, 0.25) is 10.0 Å². The van der Waals surface area contributed by atoms with Gasteiger partial charge >= 0.3 is 5.97 Å². The standard InChI is InChI=1S/C24H15BrCl2N2O4/c25-19-9-14(5-7-22(19)33-13-15-4-6-20(26)21(27)10-15)8-17(12-28)23(30)29-18-3-1-2-16(11-18)24(31)32/h1-11H,13H2,(H,29,30)(H,31,32)/b17-8-. The Morgan fingerprint density at radius 3 is 2.55 bits per heavy atom. The molecule has 3 aromatic rings. The quantitative estimate of drug-likeness (QED) is 0.258. The number of carbonyl (C=O) groups is 2. The van der Waals surface area contributed by atoms with Crippen molar-refractivity contribution in [2.75, 3.05) is 5.32 Å². The Labute approximate surface area is 208 Å². The Morgan fingerprint density at radius 2 is 1.88 bits per heavy atom. The molecule has 33 heavy (non-hydrogen) atoms. The van der Waals surface area contributed by atoms with Gasteiger partial charge < -0.3 is 15.2 Å². The lowest BCUT2D eigenvalue weighted by Crippen LogP contribution is -2.13. The zero-order chi connectivity index (χ0) is 24.0. The number of benzene rings is 3. The van der Waals surface area contributed by atoms with Crippen LogP contribution < -0.4 is 10.1 Å². The first-order chi connectivity index (χ1) is 15.8. The van der Waals surface area contributed by atoms with Crippen molar-refractivity contribution in [3.8, 4) is 11.8 Å². The van der Waals surface area contributed by atoms with Crippen LogP contribution in [0, 0.1) is 11.3 Å². The van der Waals surface area contributed by atoms with Gasteiger partial charge in [0.05, 0.1) is 20.1 Å². The normalized spacial score (nSPS) is 10.9. The van der Waals surface area contributed by atoms with E-state index in [0.717, 1.165) is 5.56 Å². The number of rotatable bonds is 7. The molecule has 166 valence electrons. The second-order valence-electron chi connectivity index (χ2n) is 6.74.